The smallest absolute Gasteiger partial charge is 0.0702 e. The van der Waals surface area contributed by atoms with Crippen molar-refractivity contribution in [2.24, 2.45) is 0 Å². The Morgan fingerprint density at radius 2 is 1.90 bits per heavy atom. The predicted octanol–water partition coefficient (Wildman–Crippen LogP) is 3.48. The number of hydrogen-bond acceptors (Lipinski definition) is 3. The van der Waals surface area contributed by atoms with E-state index in [0.717, 1.165) is 12.1 Å². The van der Waals surface area contributed by atoms with Gasteiger partial charge in [-0.05, 0) is 48.4 Å². The fraction of sp³-hybridized carbons (Fsp3) is 0.176. The van der Waals surface area contributed by atoms with E-state index in [0.29, 0.717) is 6.04 Å². The lowest BCUT2D eigenvalue weighted by atomic mass is 10.1. The highest BCUT2D eigenvalue weighted by Gasteiger charge is 2.04. The molecule has 100 valence electrons. The van der Waals surface area contributed by atoms with Crippen molar-refractivity contribution in [3.8, 4) is 0 Å². The number of rotatable bonds is 4. The maximum absolute atomic E-state index is 4.34. The van der Waals surface area contributed by atoms with Crippen molar-refractivity contribution in [3.05, 3.63) is 72.2 Å². The first-order valence-electron chi connectivity index (χ1n) is 6.80. The van der Waals surface area contributed by atoms with Gasteiger partial charge in [0.25, 0.3) is 0 Å². The zero-order chi connectivity index (χ0) is 13.8. The molecule has 0 aliphatic rings. The highest BCUT2D eigenvalue weighted by Crippen LogP contribution is 2.15. The van der Waals surface area contributed by atoms with Crippen LogP contribution in [0.15, 0.2) is 61.1 Å². The Hall–Kier alpha value is -2.26. The minimum absolute atomic E-state index is 0.308. The van der Waals surface area contributed by atoms with Crippen LogP contribution < -0.4 is 5.32 Å². The van der Waals surface area contributed by atoms with E-state index in [4.69, 9.17) is 0 Å². The van der Waals surface area contributed by atoms with Crippen molar-refractivity contribution in [1.29, 1.82) is 0 Å². The monoisotopic (exact) mass is 263 g/mol. The van der Waals surface area contributed by atoms with Crippen molar-refractivity contribution in [3.63, 3.8) is 0 Å². The van der Waals surface area contributed by atoms with Gasteiger partial charge in [-0.15, -0.1) is 0 Å². The van der Waals surface area contributed by atoms with E-state index < -0.39 is 0 Å². The Labute approximate surface area is 118 Å². The highest BCUT2D eigenvalue weighted by atomic mass is 14.9. The van der Waals surface area contributed by atoms with Gasteiger partial charge in [0, 0.05) is 36.6 Å². The minimum atomic E-state index is 0.308. The van der Waals surface area contributed by atoms with Crippen LogP contribution in [0.3, 0.4) is 0 Å². The Balaban J connectivity index is 1.70. The SMILES string of the molecule is C[C@@H](NCc1ccc2ncccc2c1)c1ccncc1. The molecule has 0 radical (unpaired) electrons. The topological polar surface area (TPSA) is 37.8 Å². The number of fused-ring (bicyclic) bond motifs is 1. The normalized spacial score (nSPS) is 12.4. The number of aromatic nitrogens is 2. The quantitative estimate of drug-likeness (QED) is 0.783. The molecule has 0 saturated carbocycles. The Morgan fingerprint density at radius 1 is 1.05 bits per heavy atom. The first-order chi connectivity index (χ1) is 9.83. The summed E-state index contributed by atoms with van der Waals surface area (Å²) in [5.41, 5.74) is 3.56. The largest absolute Gasteiger partial charge is 0.306 e. The highest BCUT2D eigenvalue weighted by molar-refractivity contribution is 5.78. The number of hydrogen-bond donors (Lipinski definition) is 1. The summed E-state index contributed by atoms with van der Waals surface area (Å²) in [7, 11) is 0. The lowest BCUT2D eigenvalue weighted by Crippen LogP contribution is -2.18. The maximum atomic E-state index is 4.34. The van der Waals surface area contributed by atoms with Crippen LogP contribution >= 0.6 is 0 Å². The van der Waals surface area contributed by atoms with Gasteiger partial charge < -0.3 is 5.32 Å². The van der Waals surface area contributed by atoms with Gasteiger partial charge in [-0.25, -0.2) is 0 Å². The first-order valence-corrected chi connectivity index (χ1v) is 6.80. The molecule has 0 aliphatic carbocycles. The fourth-order valence-electron chi connectivity index (χ4n) is 2.28. The summed E-state index contributed by atoms with van der Waals surface area (Å²) in [6.07, 6.45) is 5.48. The van der Waals surface area contributed by atoms with E-state index in [1.165, 1.54) is 16.5 Å². The molecule has 2 aromatic heterocycles. The van der Waals surface area contributed by atoms with Gasteiger partial charge in [0.15, 0.2) is 0 Å². The van der Waals surface area contributed by atoms with Crippen LogP contribution in [0.25, 0.3) is 10.9 Å². The van der Waals surface area contributed by atoms with Crippen LogP contribution in [0.1, 0.15) is 24.1 Å². The Bertz CT molecular complexity index is 695. The second kappa shape index (κ2) is 5.80. The Morgan fingerprint density at radius 3 is 2.75 bits per heavy atom. The first kappa shape index (κ1) is 12.8. The fourth-order valence-corrected chi connectivity index (χ4v) is 2.28. The van der Waals surface area contributed by atoms with Gasteiger partial charge in [0.1, 0.15) is 0 Å². The van der Waals surface area contributed by atoms with Gasteiger partial charge >= 0.3 is 0 Å². The number of nitrogens with zero attached hydrogens (tertiary/aromatic N) is 2. The summed E-state index contributed by atoms with van der Waals surface area (Å²) in [5, 5.41) is 4.72. The maximum Gasteiger partial charge on any atom is 0.0702 e. The van der Waals surface area contributed by atoms with E-state index in [1.807, 2.05) is 36.8 Å². The van der Waals surface area contributed by atoms with Gasteiger partial charge in [-0.2, -0.15) is 0 Å². The molecule has 2 heterocycles. The lowest BCUT2D eigenvalue weighted by Gasteiger charge is -2.14. The summed E-state index contributed by atoms with van der Waals surface area (Å²) in [4.78, 5) is 8.38. The number of benzene rings is 1. The molecule has 3 rings (SSSR count). The molecule has 3 aromatic rings. The molecule has 0 aliphatic heterocycles. The second-order valence-electron chi connectivity index (χ2n) is 4.91. The molecule has 0 saturated heterocycles. The van der Waals surface area contributed by atoms with E-state index in [2.05, 4.69) is 46.5 Å². The second-order valence-corrected chi connectivity index (χ2v) is 4.91. The molecule has 0 amide bonds. The average Bonchev–Trinajstić information content (AvgIpc) is 2.53. The standard InChI is InChI=1S/C17H17N3/c1-13(15-6-9-18-10-7-15)20-12-14-4-5-17-16(11-14)3-2-8-19-17/h2-11,13,20H,12H2,1H3/t13-/m1/s1. The van der Waals surface area contributed by atoms with Crippen molar-refractivity contribution < 1.29 is 0 Å². The van der Waals surface area contributed by atoms with Crippen LogP contribution in [-0.4, -0.2) is 9.97 Å². The molecule has 20 heavy (non-hydrogen) atoms. The van der Waals surface area contributed by atoms with Gasteiger partial charge in [0.2, 0.25) is 0 Å². The van der Waals surface area contributed by atoms with Crippen LogP contribution in [0.4, 0.5) is 0 Å². The van der Waals surface area contributed by atoms with Crippen LogP contribution in [0, 0.1) is 0 Å². The molecule has 1 aromatic carbocycles. The third-order valence-corrected chi connectivity index (χ3v) is 3.49. The zero-order valence-electron chi connectivity index (χ0n) is 11.5. The molecule has 0 spiro atoms. The van der Waals surface area contributed by atoms with Crippen molar-refractivity contribution in [1.82, 2.24) is 15.3 Å². The molecular formula is C17H17N3. The van der Waals surface area contributed by atoms with Crippen LogP contribution in [0.2, 0.25) is 0 Å². The van der Waals surface area contributed by atoms with Gasteiger partial charge in [-0.1, -0.05) is 12.1 Å². The summed E-state index contributed by atoms with van der Waals surface area (Å²) in [5.74, 6) is 0. The van der Waals surface area contributed by atoms with E-state index in [1.54, 1.807) is 0 Å². The molecule has 1 atom stereocenters. The van der Waals surface area contributed by atoms with E-state index in [9.17, 15) is 0 Å². The third kappa shape index (κ3) is 2.83. The van der Waals surface area contributed by atoms with Crippen LogP contribution in [-0.2, 0) is 6.54 Å². The molecule has 0 bridgehead atoms. The van der Waals surface area contributed by atoms with Crippen molar-refractivity contribution >= 4 is 10.9 Å². The lowest BCUT2D eigenvalue weighted by molar-refractivity contribution is 0.574. The molecule has 3 nitrogen and oxygen atoms in total. The van der Waals surface area contributed by atoms with Crippen LogP contribution in [0.5, 0.6) is 0 Å². The molecule has 3 heteroatoms. The summed E-state index contributed by atoms with van der Waals surface area (Å²) >= 11 is 0. The zero-order valence-corrected chi connectivity index (χ0v) is 11.5. The number of pyridine rings is 2. The number of nitrogens with one attached hydrogen (secondary N) is 1. The predicted molar refractivity (Wildman–Crippen MR) is 81.2 cm³/mol. The summed E-state index contributed by atoms with van der Waals surface area (Å²) in [6, 6.07) is 14.9. The van der Waals surface area contributed by atoms with Crippen molar-refractivity contribution in [2.75, 3.05) is 0 Å². The van der Waals surface area contributed by atoms with Crippen molar-refractivity contribution in [2.45, 2.75) is 19.5 Å². The molecule has 1 N–H and O–H groups in total. The van der Waals surface area contributed by atoms with E-state index >= 15 is 0 Å². The summed E-state index contributed by atoms with van der Waals surface area (Å²) in [6.45, 7) is 3.01. The average molecular weight is 263 g/mol. The molecular weight excluding hydrogens is 246 g/mol. The summed E-state index contributed by atoms with van der Waals surface area (Å²) < 4.78 is 0. The minimum Gasteiger partial charge on any atom is -0.306 e. The van der Waals surface area contributed by atoms with Gasteiger partial charge in [-0.3, -0.25) is 9.97 Å². The third-order valence-electron chi connectivity index (χ3n) is 3.49. The van der Waals surface area contributed by atoms with Gasteiger partial charge in [0.05, 0.1) is 5.52 Å². The molecule has 0 fully saturated rings. The molecule has 0 unspecified atom stereocenters. The van der Waals surface area contributed by atoms with E-state index in [-0.39, 0.29) is 0 Å². The Kier molecular flexibility index (Phi) is 3.70.